The van der Waals surface area contributed by atoms with Crippen molar-refractivity contribution in [3.8, 4) is 5.75 Å². The molecule has 1 atom stereocenters. The molecule has 2 aromatic rings. The van der Waals surface area contributed by atoms with Crippen molar-refractivity contribution in [3.63, 3.8) is 0 Å². The fraction of sp³-hybridized carbons (Fsp3) is 0.500. The third kappa shape index (κ3) is 10.4. The minimum atomic E-state index is -0.418. The number of anilines is 2. The molecule has 0 amide bonds. The van der Waals surface area contributed by atoms with Crippen LogP contribution < -0.4 is 16.2 Å². The van der Waals surface area contributed by atoms with E-state index in [1.807, 2.05) is 24.3 Å². The minimum absolute atomic E-state index is 0.0331. The molecular formula is C32H44N2O5. The van der Waals surface area contributed by atoms with E-state index < -0.39 is 5.97 Å². The Hall–Kier alpha value is -3.32. The van der Waals surface area contributed by atoms with Gasteiger partial charge in [0.05, 0.1) is 18.6 Å². The Bertz CT molecular complexity index is 1050. The number of rotatable bonds is 14. The first-order valence-electron chi connectivity index (χ1n) is 14.3. The maximum absolute atomic E-state index is 12.6. The van der Waals surface area contributed by atoms with E-state index >= 15 is 0 Å². The molecular weight excluding hydrogens is 492 g/mol. The summed E-state index contributed by atoms with van der Waals surface area (Å²) in [5.74, 6) is -0.159. The van der Waals surface area contributed by atoms with Crippen LogP contribution in [0.5, 0.6) is 5.75 Å². The van der Waals surface area contributed by atoms with Crippen LogP contribution >= 0.6 is 0 Å². The minimum Gasteiger partial charge on any atom is -0.462 e. The summed E-state index contributed by atoms with van der Waals surface area (Å²) in [6, 6.07) is 12.6. The molecule has 0 aliphatic heterocycles. The highest BCUT2D eigenvalue weighted by atomic mass is 16.5. The second-order valence-electron chi connectivity index (χ2n) is 10.4. The summed E-state index contributed by atoms with van der Waals surface area (Å²) in [4.78, 5) is 25.0. The smallest absolute Gasteiger partial charge is 0.330 e. The number of nitrogen functional groups attached to an aromatic ring is 2. The monoisotopic (exact) mass is 536 g/mol. The van der Waals surface area contributed by atoms with Crippen molar-refractivity contribution in [1.82, 2.24) is 0 Å². The summed E-state index contributed by atoms with van der Waals surface area (Å²) >= 11 is 0. The Morgan fingerprint density at radius 2 is 1.62 bits per heavy atom. The van der Waals surface area contributed by atoms with E-state index in [-0.39, 0.29) is 30.5 Å². The van der Waals surface area contributed by atoms with Crippen molar-refractivity contribution in [3.05, 3.63) is 59.7 Å². The first-order valence-corrected chi connectivity index (χ1v) is 14.3. The number of carbonyl (C=O) groups excluding carboxylic acids is 2. The Labute approximate surface area is 232 Å². The number of carbonyl (C=O) groups is 2. The molecule has 1 aliphatic rings. The third-order valence-electron chi connectivity index (χ3n) is 7.17. The molecule has 0 saturated heterocycles. The predicted octanol–water partition coefficient (Wildman–Crippen LogP) is 6.66. The molecule has 2 aromatic carbocycles. The van der Waals surface area contributed by atoms with Gasteiger partial charge in [-0.15, -0.1) is 0 Å². The molecule has 0 radical (unpaired) electrons. The van der Waals surface area contributed by atoms with Crippen molar-refractivity contribution in [2.75, 3.05) is 24.7 Å². The van der Waals surface area contributed by atoms with Gasteiger partial charge in [-0.1, -0.05) is 45.2 Å². The Morgan fingerprint density at radius 3 is 2.26 bits per heavy atom. The summed E-state index contributed by atoms with van der Waals surface area (Å²) < 4.78 is 17.1. The number of hydrogen-bond donors (Lipinski definition) is 2. The molecule has 212 valence electrons. The lowest BCUT2D eigenvalue weighted by Crippen LogP contribution is -2.29. The molecule has 0 aromatic heterocycles. The second kappa shape index (κ2) is 15.9. The molecule has 0 heterocycles. The molecule has 1 aliphatic carbocycles. The molecule has 1 unspecified atom stereocenters. The van der Waals surface area contributed by atoms with Crippen LogP contribution in [0.3, 0.4) is 0 Å². The van der Waals surface area contributed by atoms with Gasteiger partial charge in [0.25, 0.3) is 0 Å². The number of nitrogens with two attached hydrogens (primary N) is 2. The van der Waals surface area contributed by atoms with Crippen LogP contribution in [0.15, 0.2) is 48.5 Å². The fourth-order valence-corrected chi connectivity index (χ4v) is 4.84. The van der Waals surface area contributed by atoms with Crippen LogP contribution in [-0.4, -0.2) is 31.3 Å². The van der Waals surface area contributed by atoms with Crippen molar-refractivity contribution >= 4 is 29.4 Å². The van der Waals surface area contributed by atoms with Gasteiger partial charge in [0.2, 0.25) is 0 Å². The average Bonchev–Trinajstić information content (AvgIpc) is 2.92. The van der Waals surface area contributed by atoms with Gasteiger partial charge >= 0.3 is 11.9 Å². The van der Waals surface area contributed by atoms with Gasteiger partial charge in [0, 0.05) is 30.0 Å². The molecule has 7 nitrogen and oxygen atoms in total. The molecule has 3 rings (SSSR count). The molecule has 0 spiro atoms. The summed E-state index contributed by atoms with van der Waals surface area (Å²) in [5, 5.41) is 0. The fourth-order valence-electron chi connectivity index (χ4n) is 4.84. The van der Waals surface area contributed by atoms with Crippen molar-refractivity contribution in [2.24, 2.45) is 5.92 Å². The third-order valence-corrected chi connectivity index (χ3v) is 7.17. The van der Waals surface area contributed by atoms with Crippen molar-refractivity contribution < 1.29 is 23.8 Å². The second-order valence-corrected chi connectivity index (χ2v) is 10.4. The number of unbranched alkanes of at least 4 members (excludes halogenated alkanes) is 2. The molecule has 1 fully saturated rings. The van der Waals surface area contributed by atoms with Crippen LogP contribution in [0.4, 0.5) is 11.4 Å². The van der Waals surface area contributed by atoms with Crippen LogP contribution in [0.2, 0.25) is 0 Å². The standard InChI is InChI=1S/C32H44N2O5/c1-3-5-7-25(26-19-27(33)21-28(34)20-26)22-38-31(35)17-10-23-8-13-30(14-9-23)39-32(36)24-11-15-29(16-12-24)37-18-6-4-2/h8-10,13-14,17,19-21,24-25,29H,3-7,11-12,15-16,18,22,33-34H2,1-2H3. The zero-order valence-corrected chi connectivity index (χ0v) is 23.4. The van der Waals surface area contributed by atoms with E-state index in [4.69, 9.17) is 25.7 Å². The lowest BCUT2D eigenvalue weighted by molar-refractivity contribution is -0.141. The van der Waals surface area contributed by atoms with Gasteiger partial charge in [-0.3, -0.25) is 4.79 Å². The quantitative estimate of drug-likeness (QED) is 0.0912. The first-order chi connectivity index (χ1) is 18.9. The van der Waals surface area contributed by atoms with Gasteiger partial charge in [0.15, 0.2) is 0 Å². The Balaban J connectivity index is 1.45. The summed E-state index contributed by atoms with van der Waals surface area (Å²) in [6.07, 6.45) is 11.9. The number of benzene rings is 2. The van der Waals surface area contributed by atoms with Crippen molar-refractivity contribution in [2.45, 2.75) is 83.7 Å². The molecule has 4 N–H and O–H groups in total. The highest BCUT2D eigenvalue weighted by Gasteiger charge is 2.28. The van der Waals surface area contributed by atoms with E-state index in [0.29, 0.717) is 17.1 Å². The van der Waals surface area contributed by atoms with E-state index in [1.54, 1.807) is 24.3 Å². The van der Waals surface area contributed by atoms with E-state index in [1.165, 1.54) is 6.08 Å². The first kappa shape index (κ1) is 30.2. The van der Waals surface area contributed by atoms with Crippen LogP contribution in [0.1, 0.15) is 88.7 Å². The summed E-state index contributed by atoms with van der Waals surface area (Å²) in [5.41, 5.74) is 14.9. The number of hydrogen-bond acceptors (Lipinski definition) is 7. The zero-order valence-electron chi connectivity index (χ0n) is 23.4. The van der Waals surface area contributed by atoms with Crippen LogP contribution in [0.25, 0.3) is 6.08 Å². The summed E-state index contributed by atoms with van der Waals surface area (Å²) in [7, 11) is 0. The number of esters is 2. The van der Waals surface area contributed by atoms with Crippen molar-refractivity contribution in [1.29, 1.82) is 0 Å². The Morgan fingerprint density at radius 1 is 0.949 bits per heavy atom. The number of ether oxygens (including phenoxy) is 3. The SMILES string of the molecule is CCCCOC1CCC(C(=O)Oc2ccc(C=CC(=O)OCC(CCCC)c3cc(N)cc(N)c3)cc2)CC1. The lowest BCUT2D eigenvalue weighted by Gasteiger charge is -2.27. The normalized spacial score (nSPS) is 18.1. The highest BCUT2D eigenvalue weighted by molar-refractivity contribution is 5.87. The highest BCUT2D eigenvalue weighted by Crippen LogP contribution is 2.29. The largest absolute Gasteiger partial charge is 0.462 e. The van der Waals surface area contributed by atoms with Crippen LogP contribution in [-0.2, 0) is 19.1 Å². The van der Waals surface area contributed by atoms with Crippen LogP contribution in [0, 0.1) is 5.92 Å². The predicted molar refractivity (Wildman–Crippen MR) is 156 cm³/mol. The van der Waals surface area contributed by atoms with Gasteiger partial charge < -0.3 is 25.7 Å². The maximum Gasteiger partial charge on any atom is 0.330 e. The van der Waals surface area contributed by atoms with E-state index in [2.05, 4.69) is 13.8 Å². The molecule has 39 heavy (non-hydrogen) atoms. The van der Waals surface area contributed by atoms with E-state index in [9.17, 15) is 9.59 Å². The average molecular weight is 537 g/mol. The maximum atomic E-state index is 12.6. The van der Waals surface area contributed by atoms with Gasteiger partial charge in [-0.2, -0.15) is 0 Å². The van der Waals surface area contributed by atoms with Gasteiger partial charge in [-0.05, 0) is 86.1 Å². The molecule has 1 saturated carbocycles. The lowest BCUT2D eigenvalue weighted by atomic mass is 9.87. The topological polar surface area (TPSA) is 114 Å². The molecule has 0 bridgehead atoms. The zero-order chi connectivity index (χ0) is 28.0. The van der Waals surface area contributed by atoms with Gasteiger partial charge in [-0.25, -0.2) is 4.79 Å². The van der Waals surface area contributed by atoms with Gasteiger partial charge in [0.1, 0.15) is 5.75 Å². The Kier molecular flexibility index (Phi) is 12.4. The molecule has 7 heteroatoms. The summed E-state index contributed by atoms with van der Waals surface area (Å²) in [6.45, 7) is 5.34. The van der Waals surface area contributed by atoms with E-state index in [0.717, 1.165) is 75.5 Å².